The van der Waals surface area contributed by atoms with Crippen LogP contribution in [-0.2, 0) is 0 Å². The van der Waals surface area contributed by atoms with Crippen LogP contribution in [0.15, 0.2) is 30.3 Å². The Balaban J connectivity index is 2.37. The lowest BCUT2D eigenvalue weighted by Crippen LogP contribution is -2.16. The molecule has 0 fully saturated rings. The fraction of sp³-hybridized carbons (Fsp3) is 0.133. The molecule has 1 amide bonds. The summed E-state index contributed by atoms with van der Waals surface area (Å²) in [5.74, 6) is -1.97. The van der Waals surface area contributed by atoms with Gasteiger partial charge in [-0.1, -0.05) is 6.07 Å². The lowest BCUT2D eigenvalue weighted by atomic mass is 10.1. The number of methoxy groups -OCH3 is 1. The zero-order valence-corrected chi connectivity index (χ0v) is 11.5. The number of hydrogen-bond acceptors (Lipinski definition) is 3. The van der Waals surface area contributed by atoms with E-state index in [1.807, 2.05) is 0 Å². The number of carbonyl (C=O) groups is 1. The monoisotopic (exact) mass is 292 g/mol. The van der Waals surface area contributed by atoms with Crippen LogP contribution in [0, 0.1) is 18.6 Å². The standard InChI is InChI=1S/C15H14F2N2O2/c1-8-3-5-11(16)14(13(8)17)19-15(20)10-7-9(21-2)4-6-12(10)18/h3-7H,18H2,1-2H3,(H,19,20). The minimum Gasteiger partial charge on any atom is -0.497 e. The number of benzene rings is 2. The predicted molar refractivity (Wildman–Crippen MR) is 76.5 cm³/mol. The van der Waals surface area contributed by atoms with Gasteiger partial charge in [-0.3, -0.25) is 4.79 Å². The lowest BCUT2D eigenvalue weighted by Gasteiger charge is -2.11. The maximum atomic E-state index is 13.9. The van der Waals surface area contributed by atoms with Crippen LogP contribution in [0.2, 0.25) is 0 Å². The average Bonchev–Trinajstić information content (AvgIpc) is 2.48. The molecule has 0 bridgehead atoms. The first kappa shape index (κ1) is 14.8. The Hall–Kier alpha value is -2.63. The van der Waals surface area contributed by atoms with E-state index in [4.69, 9.17) is 10.5 Å². The van der Waals surface area contributed by atoms with E-state index in [9.17, 15) is 13.6 Å². The van der Waals surface area contributed by atoms with Gasteiger partial charge < -0.3 is 15.8 Å². The summed E-state index contributed by atoms with van der Waals surface area (Å²) in [6.45, 7) is 1.48. The van der Waals surface area contributed by atoms with Crippen molar-refractivity contribution >= 4 is 17.3 Å². The molecule has 2 rings (SSSR count). The van der Waals surface area contributed by atoms with Crippen LogP contribution >= 0.6 is 0 Å². The van der Waals surface area contributed by atoms with Gasteiger partial charge in [0.05, 0.1) is 12.7 Å². The van der Waals surface area contributed by atoms with E-state index in [1.54, 1.807) is 6.07 Å². The molecule has 21 heavy (non-hydrogen) atoms. The van der Waals surface area contributed by atoms with E-state index in [-0.39, 0.29) is 16.8 Å². The summed E-state index contributed by atoms with van der Waals surface area (Å²) in [4.78, 5) is 12.1. The van der Waals surface area contributed by atoms with E-state index in [2.05, 4.69) is 5.32 Å². The first-order valence-electron chi connectivity index (χ1n) is 6.13. The quantitative estimate of drug-likeness (QED) is 0.854. The van der Waals surface area contributed by atoms with Gasteiger partial charge in [0.2, 0.25) is 0 Å². The highest BCUT2D eigenvalue weighted by atomic mass is 19.1. The second-order valence-corrected chi connectivity index (χ2v) is 4.46. The fourth-order valence-electron chi connectivity index (χ4n) is 1.81. The highest BCUT2D eigenvalue weighted by Crippen LogP contribution is 2.25. The molecule has 0 aromatic heterocycles. The fourth-order valence-corrected chi connectivity index (χ4v) is 1.81. The molecule has 0 heterocycles. The highest BCUT2D eigenvalue weighted by Gasteiger charge is 2.17. The number of nitrogen functional groups attached to an aromatic ring is 1. The second-order valence-electron chi connectivity index (χ2n) is 4.46. The van der Waals surface area contributed by atoms with E-state index in [1.165, 1.54) is 32.2 Å². The second kappa shape index (κ2) is 5.78. The third-order valence-corrected chi connectivity index (χ3v) is 3.03. The predicted octanol–water partition coefficient (Wildman–Crippen LogP) is 3.12. The Morgan fingerprint density at radius 1 is 1.24 bits per heavy atom. The zero-order valence-electron chi connectivity index (χ0n) is 11.5. The van der Waals surface area contributed by atoms with Crippen molar-refractivity contribution in [2.45, 2.75) is 6.92 Å². The van der Waals surface area contributed by atoms with Gasteiger partial charge >= 0.3 is 0 Å². The van der Waals surface area contributed by atoms with Gasteiger partial charge in [0.15, 0.2) is 5.82 Å². The van der Waals surface area contributed by atoms with Gasteiger partial charge in [-0.25, -0.2) is 8.78 Å². The number of hydrogen-bond donors (Lipinski definition) is 2. The number of anilines is 2. The smallest absolute Gasteiger partial charge is 0.258 e. The number of nitrogens with two attached hydrogens (primary N) is 1. The van der Waals surface area contributed by atoms with Crippen LogP contribution < -0.4 is 15.8 Å². The van der Waals surface area contributed by atoms with Crippen LogP contribution in [0.4, 0.5) is 20.2 Å². The minimum atomic E-state index is -0.854. The Kier molecular flexibility index (Phi) is 4.07. The molecule has 2 aromatic rings. The summed E-state index contributed by atoms with van der Waals surface area (Å²) in [5.41, 5.74) is 5.69. The first-order valence-corrected chi connectivity index (χ1v) is 6.13. The van der Waals surface area contributed by atoms with Crippen molar-refractivity contribution in [2.75, 3.05) is 18.2 Å². The number of ether oxygens (including phenoxy) is 1. The van der Waals surface area contributed by atoms with E-state index in [0.717, 1.165) is 6.07 Å². The van der Waals surface area contributed by atoms with Crippen LogP contribution in [0.3, 0.4) is 0 Å². The summed E-state index contributed by atoms with van der Waals surface area (Å²) < 4.78 is 32.5. The molecule has 0 saturated heterocycles. The highest BCUT2D eigenvalue weighted by molar-refractivity contribution is 6.08. The molecule has 0 spiro atoms. The van der Waals surface area contributed by atoms with Crippen molar-refractivity contribution in [3.63, 3.8) is 0 Å². The molecule has 3 N–H and O–H groups in total. The number of amides is 1. The van der Waals surface area contributed by atoms with E-state index < -0.39 is 23.2 Å². The summed E-state index contributed by atoms with van der Waals surface area (Å²) in [7, 11) is 1.44. The Morgan fingerprint density at radius 3 is 2.62 bits per heavy atom. The normalized spacial score (nSPS) is 10.3. The van der Waals surface area contributed by atoms with Crippen molar-refractivity contribution in [3.8, 4) is 5.75 Å². The Bertz CT molecular complexity index is 702. The summed E-state index contributed by atoms with van der Waals surface area (Å²) >= 11 is 0. The molecule has 0 aliphatic heterocycles. The van der Waals surface area contributed by atoms with E-state index >= 15 is 0 Å². The number of rotatable bonds is 3. The average molecular weight is 292 g/mol. The van der Waals surface area contributed by atoms with Gasteiger partial charge in [0, 0.05) is 5.69 Å². The molecule has 2 aromatic carbocycles. The molecule has 0 radical (unpaired) electrons. The van der Waals surface area contributed by atoms with Crippen molar-refractivity contribution in [1.82, 2.24) is 0 Å². The number of nitrogens with one attached hydrogen (secondary N) is 1. The van der Waals surface area contributed by atoms with Gasteiger partial charge in [-0.15, -0.1) is 0 Å². The molecule has 0 aliphatic carbocycles. The van der Waals surface area contributed by atoms with Crippen LogP contribution in [0.25, 0.3) is 0 Å². The van der Waals surface area contributed by atoms with Crippen LogP contribution in [-0.4, -0.2) is 13.0 Å². The van der Waals surface area contributed by atoms with Crippen LogP contribution in [0.1, 0.15) is 15.9 Å². The molecule has 6 heteroatoms. The Morgan fingerprint density at radius 2 is 1.95 bits per heavy atom. The van der Waals surface area contributed by atoms with Gasteiger partial charge in [-0.05, 0) is 36.8 Å². The van der Waals surface area contributed by atoms with Crippen molar-refractivity contribution < 1.29 is 18.3 Å². The molecule has 0 atom stereocenters. The van der Waals surface area contributed by atoms with Crippen molar-refractivity contribution in [2.24, 2.45) is 0 Å². The first-order chi connectivity index (χ1) is 9.93. The summed E-state index contributed by atoms with van der Waals surface area (Å²) in [6, 6.07) is 6.84. The molecular weight excluding hydrogens is 278 g/mol. The maximum absolute atomic E-state index is 13.9. The topological polar surface area (TPSA) is 64.3 Å². The SMILES string of the molecule is COc1ccc(N)c(C(=O)Nc2c(F)ccc(C)c2F)c1. The van der Waals surface area contributed by atoms with Crippen LogP contribution in [0.5, 0.6) is 5.75 Å². The van der Waals surface area contributed by atoms with Gasteiger partial charge in [0.1, 0.15) is 17.3 Å². The molecule has 110 valence electrons. The summed E-state index contributed by atoms with van der Waals surface area (Å²) in [6.07, 6.45) is 0. The number of carbonyl (C=O) groups excluding carboxylic acids is 1. The van der Waals surface area contributed by atoms with Crippen molar-refractivity contribution in [3.05, 3.63) is 53.1 Å². The molecular formula is C15H14F2N2O2. The van der Waals surface area contributed by atoms with Gasteiger partial charge in [-0.2, -0.15) is 0 Å². The molecule has 0 saturated carbocycles. The minimum absolute atomic E-state index is 0.0784. The van der Waals surface area contributed by atoms with Crippen molar-refractivity contribution in [1.29, 1.82) is 0 Å². The third kappa shape index (κ3) is 2.94. The third-order valence-electron chi connectivity index (χ3n) is 3.03. The van der Waals surface area contributed by atoms with Gasteiger partial charge in [0.25, 0.3) is 5.91 Å². The largest absolute Gasteiger partial charge is 0.497 e. The number of halogens is 2. The molecule has 0 unspecified atom stereocenters. The van der Waals surface area contributed by atoms with E-state index in [0.29, 0.717) is 5.75 Å². The Labute approximate surface area is 120 Å². The molecule has 0 aliphatic rings. The maximum Gasteiger partial charge on any atom is 0.258 e. The lowest BCUT2D eigenvalue weighted by molar-refractivity contribution is 0.102. The number of aryl methyl sites for hydroxylation is 1. The summed E-state index contributed by atoms with van der Waals surface area (Å²) in [5, 5.41) is 2.20. The molecule has 4 nitrogen and oxygen atoms in total. The zero-order chi connectivity index (χ0) is 15.6.